The zero-order valence-corrected chi connectivity index (χ0v) is 10.3. The van der Waals surface area contributed by atoms with Crippen molar-refractivity contribution in [3.8, 4) is 5.75 Å². The van der Waals surface area contributed by atoms with Crippen LogP contribution >= 0.6 is 0 Å². The average Bonchev–Trinajstić information content (AvgIpc) is 2.37. The molecule has 106 valence electrons. The smallest absolute Gasteiger partial charge is 0.135 e. The van der Waals surface area contributed by atoms with E-state index in [4.69, 9.17) is 0 Å². The maximum Gasteiger partial charge on any atom is 0.135 e. The van der Waals surface area contributed by atoms with E-state index in [1.807, 2.05) is 0 Å². The van der Waals surface area contributed by atoms with E-state index in [2.05, 4.69) is 4.74 Å². The first-order valence-corrected chi connectivity index (χ1v) is 5.60. The van der Waals surface area contributed by atoms with Gasteiger partial charge in [0.1, 0.15) is 35.1 Å². The van der Waals surface area contributed by atoms with Crippen LogP contribution in [0, 0.1) is 23.3 Å². The second-order valence-electron chi connectivity index (χ2n) is 4.04. The van der Waals surface area contributed by atoms with Gasteiger partial charge in [0.25, 0.3) is 0 Å². The largest absolute Gasteiger partial charge is 0.497 e. The van der Waals surface area contributed by atoms with Crippen LogP contribution in [0.1, 0.15) is 17.2 Å². The first-order chi connectivity index (χ1) is 9.45. The summed E-state index contributed by atoms with van der Waals surface area (Å²) < 4.78 is 59.3. The third kappa shape index (κ3) is 2.46. The maximum absolute atomic E-state index is 13.8. The number of ether oxygens (including phenoxy) is 1. The fourth-order valence-corrected chi connectivity index (χ4v) is 1.86. The van der Waals surface area contributed by atoms with Gasteiger partial charge in [0.2, 0.25) is 0 Å². The van der Waals surface area contributed by atoms with E-state index in [-0.39, 0.29) is 5.75 Å². The molecule has 0 amide bonds. The third-order valence-corrected chi connectivity index (χ3v) is 2.83. The van der Waals surface area contributed by atoms with Gasteiger partial charge in [-0.15, -0.1) is 0 Å². The van der Waals surface area contributed by atoms with Gasteiger partial charge in [0, 0.05) is 12.1 Å². The molecular weight excluding hydrogens is 276 g/mol. The number of hydrogen-bond acceptors (Lipinski definition) is 2. The molecule has 2 aromatic rings. The summed E-state index contributed by atoms with van der Waals surface area (Å²) in [5.74, 6) is -4.60. The van der Waals surface area contributed by atoms with Crippen LogP contribution in [0.15, 0.2) is 30.3 Å². The lowest BCUT2D eigenvalue weighted by atomic mass is 9.99. The van der Waals surface area contributed by atoms with Gasteiger partial charge < -0.3 is 9.84 Å². The molecule has 0 radical (unpaired) electrons. The Bertz CT molecular complexity index is 600. The summed E-state index contributed by atoms with van der Waals surface area (Å²) in [6.07, 6.45) is -2.10. The Morgan fingerprint density at radius 3 is 1.80 bits per heavy atom. The Balaban J connectivity index is 2.57. The van der Waals surface area contributed by atoms with Crippen LogP contribution in [-0.2, 0) is 0 Å². The number of aliphatic hydroxyl groups excluding tert-OH is 1. The Labute approximate surface area is 112 Å². The van der Waals surface area contributed by atoms with E-state index in [9.17, 15) is 22.7 Å². The summed E-state index contributed by atoms with van der Waals surface area (Å²) in [7, 11) is 1.21. The van der Waals surface area contributed by atoms with E-state index in [0.717, 1.165) is 30.3 Å². The van der Waals surface area contributed by atoms with Gasteiger partial charge in [-0.3, -0.25) is 0 Å². The fourth-order valence-electron chi connectivity index (χ4n) is 1.86. The molecule has 0 bridgehead atoms. The molecule has 0 aliphatic carbocycles. The zero-order chi connectivity index (χ0) is 14.9. The molecule has 0 aliphatic rings. The predicted octanol–water partition coefficient (Wildman–Crippen LogP) is 3.33. The quantitative estimate of drug-likeness (QED) is 0.877. The van der Waals surface area contributed by atoms with E-state index in [0.29, 0.717) is 0 Å². The molecule has 2 nitrogen and oxygen atoms in total. The minimum Gasteiger partial charge on any atom is -0.497 e. The lowest BCUT2D eigenvalue weighted by Crippen LogP contribution is -2.10. The molecule has 2 aromatic carbocycles. The molecule has 1 atom stereocenters. The zero-order valence-electron chi connectivity index (χ0n) is 10.3. The van der Waals surface area contributed by atoms with Crippen molar-refractivity contribution >= 4 is 0 Å². The van der Waals surface area contributed by atoms with Gasteiger partial charge in [-0.05, 0) is 12.1 Å². The third-order valence-electron chi connectivity index (χ3n) is 2.83. The van der Waals surface area contributed by atoms with Crippen molar-refractivity contribution in [2.24, 2.45) is 0 Å². The van der Waals surface area contributed by atoms with Crippen molar-refractivity contribution < 1.29 is 27.4 Å². The highest BCUT2D eigenvalue weighted by atomic mass is 19.1. The second kappa shape index (κ2) is 5.50. The number of hydrogen-bond donors (Lipinski definition) is 1. The molecule has 0 saturated heterocycles. The standard InChI is InChI=1S/C14H10F4O2/c1-20-7-5-10(17)13(11(18)6-7)14(19)12-8(15)3-2-4-9(12)16/h2-6,14,19H,1H3. The van der Waals surface area contributed by atoms with Crippen LogP contribution < -0.4 is 4.74 Å². The number of aliphatic hydroxyl groups is 1. The van der Waals surface area contributed by atoms with Crippen molar-refractivity contribution in [2.45, 2.75) is 6.10 Å². The van der Waals surface area contributed by atoms with Crippen LogP contribution in [-0.4, -0.2) is 12.2 Å². The molecule has 0 saturated carbocycles. The molecule has 1 N–H and O–H groups in total. The summed E-state index contributed by atoms with van der Waals surface area (Å²) in [5.41, 5.74) is -1.65. The predicted molar refractivity (Wildman–Crippen MR) is 63.3 cm³/mol. The summed E-state index contributed by atoms with van der Waals surface area (Å²) in [6.45, 7) is 0. The Hall–Kier alpha value is -2.08. The maximum atomic E-state index is 13.8. The molecule has 0 spiro atoms. The summed E-state index contributed by atoms with van der Waals surface area (Å²) in [6, 6.07) is 4.50. The number of benzene rings is 2. The lowest BCUT2D eigenvalue weighted by Gasteiger charge is -2.15. The molecule has 0 aromatic heterocycles. The normalized spacial score (nSPS) is 12.3. The molecule has 2 rings (SSSR count). The van der Waals surface area contributed by atoms with Crippen LogP contribution in [0.5, 0.6) is 5.75 Å². The van der Waals surface area contributed by atoms with E-state index >= 15 is 0 Å². The van der Waals surface area contributed by atoms with Crippen molar-refractivity contribution in [3.05, 3.63) is 64.7 Å². The van der Waals surface area contributed by atoms with Gasteiger partial charge in [0.05, 0.1) is 18.2 Å². The van der Waals surface area contributed by atoms with Crippen molar-refractivity contribution in [2.75, 3.05) is 7.11 Å². The topological polar surface area (TPSA) is 29.5 Å². The van der Waals surface area contributed by atoms with Gasteiger partial charge in [-0.2, -0.15) is 0 Å². The Morgan fingerprint density at radius 1 is 0.900 bits per heavy atom. The van der Waals surface area contributed by atoms with Crippen LogP contribution in [0.2, 0.25) is 0 Å². The summed E-state index contributed by atoms with van der Waals surface area (Å²) in [4.78, 5) is 0. The Kier molecular flexibility index (Phi) is 3.94. The number of methoxy groups -OCH3 is 1. The van der Waals surface area contributed by atoms with E-state index < -0.39 is 40.5 Å². The average molecular weight is 286 g/mol. The highest BCUT2D eigenvalue weighted by molar-refractivity contribution is 5.37. The summed E-state index contributed by atoms with van der Waals surface area (Å²) >= 11 is 0. The molecule has 0 fully saturated rings. The van der Waals surface area contributed by atoms with Gasteiger partial charge >= 0.3 is 0 Å². The van der Waals surface area contributed by atoms with Crippen molar-refractivity contribution in [1.82, 2.24) is 0 Å². The fraction of sp³-hybridized carbons (Fsp3) is 0.143. The lowest BCUT2D eigenvalue weighted by molar-refractivity contribution is 0.198. The van der Waals surface area contributed by atoms with Crippen LogP contribution in [0.25, 0.3) is 0 Å². The van der Waals surface area contributed by atoms with Crippen molar-refractivity contribution in [1.29, 1.82) is 0 Å². The number of rotatable bonds is 3. The SMILES string of the molecule is COc1cc(F)c(C(O)c2c(F)cccc2F)c(F)c1. The molecule has 0 heterocycles. The van der Waals surface area contributed by atoms with Gasteiger partial charge in [0.15, 0.2) is 0 Å². The molecule has 1 unspecified atom stereocenters. The first-order valence-electron chi connectivity index (χ1n) is 5.60. The van der Waals surface area contributed by atoms with Crippen LogP contribution in [0.4, 0.5) is 17.6 Å². The molecular formula is C14H10F4O2. The van der Waals surface area contributed by atoms with Crippen molar-refractivity contribution in [3.63, 3.8) is 0 Å². The van der Waals surface area contributed by atoms with Gasteiger partial charge in [-0.25, -0.2) is 17.6 Å². The first kappa shape index (κ1) is 14.3. The van der Waals surface area contributed by atoms with Crippen LogP contribution in [0.3, 0.4) is 0 Å². The second-order valence-corrected chi connectivity index (χ2v) is 4.04. The molecule has 0 aliphatic heterocycles. The summed E-state index contributed by atoms with van der Waals surface area (Å²) in [5, 5.41) is 9.88. The Morgan fingerprint density at radius 2 is 1.35 bits per heavy atom. The number of halogens is 4. The minimum absolute atomic E-state index is 0.107. The van der Waals surface area contributed by atoms with E-state index in [1.165, 1.54) is 7.11 Å². The molecule has 20 heavy (non-hydrogen) atoms. The van der Waals surface area contributed by atoms with Gasteiger partial charge in [-0.1, -0.05) is 6.07 Å². The molecule has 6 heteroatoms. The minimum atomic E-state index is -2.10. The van der Waals surface area contributed by atoms with E-state index in [1.54, 1.807) is 0 Å². The monoisotopic (exact) mass is 286 g/mol. The highest BCUT2D eigenvalue weighted by Crippen LogP contribution is 2.32. The highest BCUT2D eigenvalue weighted by Gasteiger charge is 2.26.